The molecule has 1 nitrogen and oxygen atoms in total. The zero-order valence-corrected chi connectivity index (χ0v) is 7.11. The van der Waals surface area contributed by atoms with Crippen LogP contribution in [0.5, 0.6) is 0 Å². The number of rotatable bonds is 1. The van der Waals surface area contributed by atoms with Crippen LogP contribution in [-0.4, -0.2) is 0 Å². The minimum absolute atomic E-state index is 1.18. The Kier molecular flexibility index (Phi) is 304. The van der Waals surface area contributed by atoms with Gasteiger partial charge in [-0.2, -0.15) is 5.26 Å². The van der Waals surface area contributed by atoms with Gasteiger partial charge in [0, 0.05) is 6.08 Å². The first-order chi connectivity index (χ1) is 5.83. The summed E-state index contributed by atoms with van der Waals surface area (Å²) in [6.07, 6.45) is 20.5. The van der Waals surface area contributed by atoms with Crippen LogP contribution >= 0.6 is 0 Å². The van der Waals surface area contributed by atoms with E-state index in [-0.39, 0.29) is 0 Å². The number of hydrogen-bond acceptors (Lipinski definition) is 1. The number of allylic oxidation sites excluding steroid dienone is 3. The van der Waals surface area contributed by atoms with Gasteiger partial charge >= 0.3 is 0 Å². The van der Waals surface area contributed by atoms with Crippen molar-refractivity contribution in [3.8, 4) is 31.8 Å². The highest BCUT2D eigenvalue weighted by molar-refractivity contribution is 4.93. The number of nitrogens with zero attached hydrogens (tertiary/aromatic N) is 1. The molecule has 0 rings (SSSR count). The van der Waals surface area contributed by atoms with Crippen LogP contribution in [0.25, 0.3) is 0 Å². The van der Waals surface area contributed by atoms with Crippen LogP contribution in [0.2, 0.25) is 0 Å². The summed E-state index contributed by atoms with van der Waals surface area (Å²) in [6, 6.07) is 1.69. The normalized spacial score (nSPS) is 3.25. The lowest BCUT2D eigenvalue weighted by Crippen LogP contribution is -1.23. The van der Waals surface area contributed by atoms with Gasteiger partial charge in [0.1, 0.15) is 0 Å². The van der Waals surface area contributed by atoms with Gasteiger partial charge in [-0.15, -0.1) is 25.7 Å². The van der Waals surface area contributed by atoms with Gasteiger partial charge in [-0.05, 0) is 0 Å². The summed E-state index contributed by atoms with van der Waals surface area (Å²) in [5.74, 6) is 0. The molecule has 0 N–H and O–H groups in total. The van der Waals surface area contributed by atoms with Crippen LogP contribution in [0.15, 0.2) is 38.0 Å². The lowest BCUT2D eigenvalue weighted by Gasteiger charge is -1.44. The Balaban J connectivity index is -0.0000000380. The molecule has 0 atom stereocenters. The van der Waals surface area contributed by atoms with E-state index in [1.165, 1.54) is 6.08 Å². The maximum absolute atomic E-state index is 7.51. The van der Waals surface area contributed by atoms with Crippen molar-refractivity contribution in [3.05, 3.63) is 38.0 Å². The van der Waals surface area contributed by atoms with Gasteiger partial charge in [0.2, 0.25) is 0 Å². The van der Waals surface area contributed by atoms with E-state index in [2.05, 4.69) is 45.4 Å². The first kappa shape index (κ1) is 22.5. The average molecular weight is 159 g/mol. The second-order valence-electron chi connectivity index (χ2n) is 0.805. The van der Waals surface area contributed by atoms with Crippen LogP contribution < -0.4 is 0 Å². The van der Waals surface area contributed by atoms with Gasteiger partial charge in [-0.1, -0.05) is 31.9 Å². The summed E-state index contributed by atoms with van der Waals surface area (Å²) in [5, 5.41) is 7.51. The smallest absolute Gasteiger partial charge is 0.0905 e. The Hall–Kier alpha value is -2.17. The predicted octanol–water partition coefficient (Wildman–Crippen LogP) is 2.55. The predicted molar refractivity (Wildman–Crippen MR) is 56.0 cm³/mol. The van der Waals surface area contributed by atoms with E-state index in [0.29, 0.717) is 0 Å². The van der Waals surface area contributed by atoms with Gasteiger partial charge in [0.05, 0.1) is 6.07 Å². The fourth-order valence-corrected chi connectivity index (χ4v) is 0. The zero-order chi connectivity index (χ0) is 10.8. The van der Waals surface area contributed by atoms with Crippen molar-refractivity contribution in [1.29, 1.82) is 5.26 Å². The highest BCUT2D eigenvalue weighted by Crippen LogP contribution is 1.52. The summed E-state index contributed by atoms with van der Waals surface area (Å²) >= 11 is 0. The molecule has 1 heteroatoms. The van der Waals surface area contributed by atoms with Crippen molar-refractivity contribution in [1.82, 2.24) is 0 Å². The Labute approximate surface area is 75.7 Å². The quantitative estimate of drug-likeness (QED) is 0.327. The molecular formula is C11H13N. The molecule has 0 aliphatic carbocycles. The number of nitriles is 1. The van der Waals surface area contributed by atoms with Gasteiger partial charge < -0.3 is 0 Å². The summed E-state index contributed by atoms with van der Waals surface area (Å²) in [6.45, 7) is 9.84. The lowest BCUT2D eigenvalue weighted by atomic mass is 10.6. The van der Waals surface area contributed by atoms with Crippen molar-refractivity contribution in [2.45, 2.75) is 0 Å². The molecule has 0 unspecified atom stereocenters. The summed E-state index contributed by atoms with van der Waals surface area (Å²) in [5.41, 5.74) is 0. The van der Waals surface area contributed by atoms with Crippen molar-refractivity contribution < 1.29 is 0 Å². The monoisotopic (exact) mass is 159 g/mol. The maximum Gasteiger partial charge on any atom is 0.0905 e. The van der Waals surface area contributed by atoms with Crippen LogP contribution in [0, 0.1) is 37.0 Å². The summed E-state index contributed by atoms with van der Waals surface area (Å²) < 4.78 is 0. The minimum atomic E-state index is 1.18. The molecular weight excluding hydrogens is 146 g/mol. The fraction of sp³-hybridized carbons (Fsp3) is 0. The van der Waals surface area contributed by atoms with Gasteiger partial charge in [0.15, 0.2) is 0 Å². The van der Waals surface area contributed by atoms with Crippen molar-refractivity contribution in [2.24, 2.45) is 0 Å². The second kappa shape index (κ2) is 162. The maximum atomic E-state index is 7.51. The van der Waals surface area contributed by atoms with Gasteiger partial charge in [-0.25, -0.2) is 0 Å². The largest absolute Gasteiger partial charge is 0.193 e. The molecule has 0 aromatic heterocycles. The number of hydrogen-bond donors (Lipinski definition) is 0. The highest BCUT2D eigenvalue weighted by atomic mass is 14.2. The molecule has 0 aromatic carbocycles. The van der Waals surface area contributed by atoms with Gasteiger partial charge in [-0.3, -0.25) is 0 Å². The van der Waals surface area contributed by atoms with Crippen LogP contribution in [-0.2, 0) is 0 Å². The number of terminal acetylenes is 2. The Bertz CT molecular complexity index is 152. The van der Waals surface area contributed by atoms with Gasteiger partial charge in [0.25, 0.3) is 0 Å². The third-order valence-corrected chi connectivity index (χ3v) is 0.258. The molecule has 0 radical (unpaired) electrons. The molecule has 0 fully saturated rings. The third-order valence-electron chi connectivity index (χ3n) is 0.258. The van der Waals surface area contributed by atoms with E-state index in [0.717, 1.165) is 0 Å². The highest BCUT2D eigenvalue weighted by Gasteiger charge is 1.34. The SMILES string of the molecule is C#C.C#C.C=CC#N.C=CC=C. The van der Waals surface area contributed by atoms with E-state index in [9.17, 15) is 0 Å². The Morgan fingerprint density at radius 1 is 0.917 bits per heavy atom. The molecule has 0 saturated heterocycles. The zero-order valence-electron chi connectivity index (χ0n) is 7.11. The van der Waals surface area contributed by atoms with Crippen LogP contribution in [0.1, 0.15) is 0 Å². The van der Waals surface area contributed by atoms with Crippen LogP contribution in [0.3, 0.4) is 0 Å². The topological polar surface area (TPSA) is 23.8 Å². The molecule has 12 heavy (non-hydrogen) atoms. The Morgan fingerprint density at radius 3 is 1.08 bits per heavy atom. The standard InChI is InChI=1S/C4H6.C3H3N.2C2H2/c1-3-4-2;1-2-3-4;2*1-2/h3-4H,1-2H2;2H,1H2;2*1-2H. The van der Waals surface area contributed by atoms with Crippen molar-refractivity contribution in [3.63, 3.8) is 0 Å². The van der Waals surface area contributed by atoms with E-state index in [1.54, 1.807) is 18.2 Å². The minimum Gasteiger partial charge on any atom is -0.193 e. The average Bonchev–Trinajstić information content (AvgIpc) is 2.23. The molecule has 0 amide bonds. The van der Waals surface area contributed by atoms with E-state index in [1.807, 2.05) is 0 Å². The molecule has 0 saturated carbocycles. The summed E-state index contributed by atoms with van der Waals surface area (Å²) in [4.78, 5) is 0. The molecule has 0 aromatic rings. The van der Waals surface area contributed by atoms with Crippen molar-refractivity contribution >= 4 is 0 Å². The van der Waals surface area contributed by atoms with Crippen LogP contribution in [0.4, 0.5) is 0 Å². The Morgan fingerprint density at radius 2 is 1.08 bits per heavy atom. The lowest BCUT2D eigenvalue weighted by molar-refractivity contribution is 1.54. The molecule has 0 spiro atoms. The molecule has 0 aliphatic heterocycles. The van der Waals surface area contributed by atoms with E-state index >= 15 is 0 Å². The van der Waals surface area contributed by atoms with Crippen molar-refractivity contribution in [2.75, 3.05) is 0 Å². The molecule has 62 valence electrons. The summed E-state index contributed by atoms with van der Waals surface area (Å²) in [7, 11) is 0. The molecule has 0 heterocycles. The second-order valence-corrected chi connectivity index (χ2v) is 0.805. The van der Waals surface area contributed by atoms with E-state index in [4.69, 9.17) is 5.26 Å². The fourth-order valence-electron chi connectivity index (χ4n) is 0. The van der Waals surface area contributed by atoms with E-state index < -0.39 is 0 Å². The first-order valence-corrected chi connectivity index (χ1v) is 2.74. The molecule has 0 aliphatic rings. The first-order valence-electron chi connectivity index (χ1n) is 2.74. The molecule has 0 bridgehead atoms. The third kappa shape index (κ3) is 12600.